The SMILES string of the molecule is C[C@H](OC(=O)c1csc2c1CCCC2)C(=O)N1CC(=O)Nc2ccccc21. The minimum atomic E-state index is -0.976. The Morgan fingerprint density at radius 2 is 2.00 bits per heavy atom. The van der Waals surface area contributed by atoms with Gasteiger partial charge in [-0.1, -0.05) is 12.1 Å². The van der Waals surface area contributed by atoms with Crippen LogP contribution in [-0.4, -0.2) is 30.4 Å². The fourth-order valence-electron chi connectivity index (χ4n) is 3.59. The molecule has 1 aliphatic heterocycles. The number of benzene rings is 1. The van der Waals surface area contributed by atoms with E-state index in [2.05, 4.69) is 5.32 Å². The summed E-state index contributed by atoms with van der Waals surface area (Å²) in [6.45, 7) is 1.46. The van der Waals surface area contributed by atoms with Crippen LogP contribution in [-0.2, 0) is 27.2 Å². The van der Waals surface area contributed by atoms with E-state index >= 15 is 0 Å². The van der Waals surface area contributed by atoms with E-state index in [1.54, 1.807) is 42.5 Å². The lowest BCUT2D eigenvalue weighted by molar-refractivity contribution is -0.128. The van der Waals surface area contributed by atoms with E-state index in [4.69, 9.17) is 4.74 Å². The molecule has 0 unspecified atom stereocenters. The number of hydrogen-bond acceptors (Lipinski definition) is 5. The first kappa shape index (κ1) is 17.7. The lowest BCUT2D eigenvalue weighted by Crippen LogP contribution is -2.47. The summed E-state index contributed by atoms with van der Waals surface area (Å²) >= 11 is 1.59. The average molecular weight is 384 g/mol. The van der Waals surface area contributed by atoms with E-state index in [-0.39, 0.29) is 12.5 Å². The third kappa shape index (κ3) is 3.35. The van der Waals surface area contributed by atoms with Crippen LogP contribution in [0.25, 0.3) is 0 Å². The number of ether oxygens (including phenoxy) is 1. The van der Waals surface area contributed by atoms with Gasteiger partial charge in [-0.05, 0) is 50.3 Å². The largest absolute Gasteiger partial charge is 0.449 e. The molecular formula is C20H20N2O4S. The molecule has 6 nitrogen and oxygen atoms in total. The second-order valence-corrected chi connectivity index (χ2v) is 7.76. The molecule has 0 saturated heterocycles. The van der Waals surface area contributed by atoms with Crippen LogP contribution >= 0.6 is 11.3 Å². The third-order valence-corrected chi connectivity index (χ3v) is 6.04. The fourth-order valence-corrected chi connectivity index (χ4v) is 4.70. The Labute approximate surface area is 161 Å². The summed E-state index contributed by atoms with van der Waals surface area (Å²) < 4.78 is 5.47. The van der Waals surface area contributed by atoms with Crippen LogP contribution in [0.5, 0.6) is 0 Å². The molecule has 0 spiro atoms. The van der Waals surface area contributed by atoms with Crippen molar-refractivity contribution < 1.29 is 19.1 Å². The molecule has 2 aromatic rings. The first-order valence-electron chi connectivity index (χ1n) is 9.05. The van der Waals surface area contributed by atoms with E-state index in [1.165, 1.54) is 9.78 Å². The van der Waals surface area contributed by atoms with E-state index in [0.29, 0.717) is 16.9 Å². The fraction of sp³-hybridized carbons (Fsp3) is 0.350. The van der Waals surface area contributed by atoms with Crippen LogP contribution < -0.4 is 10.2 Å². The molecule has 0 fully saturated rings. The van der Waals surface area contributed by atoms with Gasteiger partial charge in [-0.2, -0.15) is 0 Å². The van der Waals surface area contributed by atoms with Crippen LogP contribution in [0.15, 0.2) is 29.6 Å². The van der Waals surface area contributed by atoms with Crippen molar-refractivity contribution in [1.82, 2.24) is 0 Å². The number of aryl methyl sites for hydroxylation is 1. The van der Waals surface area contributed by atoms with Gasteiger partial charge in [0.2, 0.25) is 5.91 Å². The number of nitrogens with zero attached hydrogens (tertiary/aromatic N) is 1. The number of carbonyl (C=O) groups excluding carboxylic acids is 3. The summed E-state index contributed by atoms with van der Waals surface area (Å²) in [6.07, 6.45) is 3.12. The summed E-state index contributed by atoms with van der Waals surface area (Å²) in [5, 5.41) is 4.57. The van der Waals surface area contributed by atoms with Gasteiger partial charge >= 0.3 is 5.97 Å². The summed E-state index contributed by atoms with van der Waals surface area (Å²) in [5.74, 6) is -1.15. The topological polar surface area (TPSA) is 75.7 Å². The molecule has 4 rings (SSSR count). The first-order chi connectivity index (χ1) is 13.0. The Morgan fingerprint density at radius 3 is 2.85 bits per heavy atom. The summed E-state index contributed by atoms with van der Waals surface area (Å²) in [6, 6.07) is 7.08. The summed E-state index contributed by atoms with van der Waals surface area (Å²) in [5.41, 5.74) is 2.83. The lowest BCUT2D eigenvalue weighted by Gasteiger charge is -2.30. The molecule has 1 aromatic carbocycles. The molecule has 0 radical (unpaired) electrons. The average Bonchev–Trinajstić information content (AvgIpc) is 3.11. The van der Waals surface area contributed by atoms with Gasteiger partial charge in [0, 0.05) is 10.3 Å². The molecule has 1 aliphatic carbocycles. The number of thiophene rings is 1. The minimum absolute atomic E-state index is 0.0917. The number of amides is 2. The number of anilines is 2. The molecule has 2 heterocycles. The highest BCUT2D eigenvalue weighted by atomic mass is 32.1. The Morgan fingerprint density at radius 1 is 1.22 bits per heavy atom. The van der Waals surface area contributed by atoms with Crippen molar-refractivity contribution in [2.24, 2.45) is 0 Å². The quantitative estimate of drug-likeness (QED) is 0.825. The number of carbonyl (C=O) groups is 3. The van der Waals surface area contributed by atoms with E-state index in [0.717, 1.165) is 31.2 Å². The van der Waals surface area contributed by atoms with Gasteiger partial charge in [0.1, 0.15) is 6.54 Å². The molecule has 1 atom stereocenters. The Bertz CT molecular complexity index is 920. The maximum atomic E-state index is 12.9. The molecule has 1 aromatic heterocycles. The minimum Gasteiger partial charge on any atom is -0.449 e. The summed E-state index contributed by atoms with van der Waals surface area (Å²) in [7, 11) is 0. The van der Waals surface area contributed by atoms with Crippen molar-refractivity contribution in [2.75, 3.05) is 16.8 Å². The van der Waals surface area contributed by atoms with Gasteiger partial charge in [-0.15, -0.1) is 11.3 Å². The summed E-state index contributed by atoms with van der Waals surface area (Å²) in [4.78, 5) is 40.0. The van der Waals surface area contributed by atoms with Crippen molar-refractivity contribution in [3.63, 3.8) is 0 Å². The highest BCUT2D eigenvalue weighted by Crippen LogP contribution is 2.32. The lowest BCUT2D eigenvalue weighted by atomic mass is 9.96. The Kier molecular flexibility index (Phi) is 4.70. The number of rotatable bonds is 3. The molecular weight excluding hydrogens is 364 g/mol. The van der Waals surface area contributed by atoms with Gasteiger partial charge in [-0.3, -0.25) is 14.5 Å². The van der Waals surface area contributed by atoms with Crippen molar-refractivity contribution in [3.05, 3.63) is 45.6 Å². The molecule has 7 heteroatoms. The van der Waals surface area contributed by atoms with Crippen molar-refractivity contribution in [3.8, 4) is 0 Å². The zero-order valence-electron chi connectivity index (χ0n) is 15.0. The number of fused-ring (bicyclic) bond motifs is 2. The first-order valence-corrected chi connectivity index (χ1v) is 9.93. The van der Waals surface area contributed by atoms with Crippen molar-refractivity contribution >= 4 is 40.5 Å². The highest BCUT2D eigenvalue weighted by molar-refractivity contribution is 7.10. The van der Waals surface area contributed by atoms with Gasteiger partial charge in [0.15, 0.2) is 6.10 Å². The highest BCUT2D eigenvalue weighted by Gasteiger charge is 2.32. The number of para-hydroxylation sites is 2. The van der Waals surface area contributed by atoms with Crippen LogP contribution in [0.4, 0.5) is 11.4 Å². The zero-order valence-corrected chi connectivity index (χ0v) is 15.8. The predicted molar refractivity (Wildman–Crippen MR) is 103 cm³/mol. The zero-order chi connectivity index (χ0) is 19.0. The smallest absolute Gasteiger partial charge is 0.340 e. The second-order valence-electron chi connectivity index (χ2n) is 6.80. The Hall–Kier alpha value is -2.67. The van der Waals surface area contributed by atoms with Crippen LogP contribution in [0.3, 0.4) is 0 Å². The third-order valence-electron chi connectivity index (χ3n) is 4.95. The molecule has 2 amide bonds. The molecule has 0 bridgehead atoms. The van der Waals surface area contributed by atoms with Crippen LogP contribution in [0.1, 0.15) is 40.6 Å². The van der Waals surface area contributed by atoms with Crippen molar-refractivity contribution in [2.45, 2.75) is 38.7 Å². The predicted octanol–water partition coefficient (Wildman–Crippen LogP) is 3.16. The monoisotopic (exact) mass is 384 g/mol. The second kappa shape index (κ2) is 7.15. The maximum absolute atomic E-state index is 12.9. The molecule has 0 saturated carbocycles. The number of nitrogens with one attached hydrogen (secondary N) is 1. The Balaban J connectivity index is 1.51. The molecule has 140 valence electrons. The van der Waals surface area contributed by atoms with Crippen molar-refractivity contribution in [1.29, 1.82) is 0 Å². The molecule has 27 heavy (non-hydrogen) atoms. The van der Waals surface area contributed by atoms with E-state index in [1.807, 2.05) is 5.38 Å². The number of esters is 1. The number of hydrogen-bond donors (Lipinski definition) is 1. The van der Waals surface area contributed by atoms with Gasteiger partial charge in [0.05, 0.1) is 16.9 Å². The normalized spacial score (nSPS) is 16.8. The van der Waals surface area contributed by atoms with E-state index in [9.17, 15) is 14.4 Å². The van der Waals surface area contributed by atoms with E-state index < -0.39 is 18.0 Å². The standard InChI is InChI=1S/C20H20N2O4S/c1-12(26-20(25)14-11-27-17-9-5-2-6-13(14)17)19(24)22-10-18(23)21-15-7-3-4-8-16(15)22/h3-4,7-8,11-12H,2,5-6,9-10H2,1H3,(H,21,23)/t12-/m0/s1. The molecule has 2 aliphatic rings. The van der Waals surface area contributed by atoms with Gasteiger partial charge in [0.25, 0.3) is 5.91 Å². The van der Waals surface area contributed by atoms with Gasteiger partial charge in [-0.25, -0.2) is 4.79 Å². The maximum Gasteiger partial charge on any atom is 0.340 e. The van der Waals surface area contributed by atoms with Gasteiger partial charge < -0.3 is 10.1 Å². The molecule has 1 N–H and O–H groups in total. The van der Waals surface area contributed by atoms with Crippen LogP contribution in [0, 0.1) is 0 Å². The van der Waals surface area contributed by atoms with Crippen LogP contribution in [0.2, 0.25) is 0 Å².